The minimum atomic E-state index is -0.0309. The molecule has 0 saturated carbocycles. The van der Waals surface area contributed by atoms with E-state index in [0.717, 1.165) is 18.1 Å². The van der Waals surface area contributed by atoms with Gasteiger partial charge < -0.3 is 10.2 Å². The Labute approximate surface area is 119 Å². The summed E-state index contributed by atoms with van der Waals surface area (Å²) in [6.07, 6.45) is 0. The van der Waals surface area contributed by atoms with Crippen LogP contribution in [0.2, 0.25) is 0 Å². The molecule has 19 heavy (non-hydrogen) atoms. The molecular weight excluding hydrogens is 256 g/mol. The van der Waals surface area contributed by atoms with Gasteiger partial charge in [-0.2, -0.15) is 11.8 Å². The van der Waals surface area contributed by atoms with Crippen LogP contribution < -0.4 is 5.32 Å². The summed E-state index contributed by atoms with van der Waals surface area (Å²) >= 11 is 1.85. The zero-order valence-electron chi connectivity index (χ0n) is 11.8. The number of aryl methyl sites for hydroxylation is 1. The minimum absolute atomic E-state index is 0.0309. The van der Waals surface area contributed by atoms with E-state index in [4.69, 9.17) is 0 Å². The second-order valence-electron chi connectivity index (χ2n) is 5.12. The van der Waals surface area contributed by atoms with E-state index >= 15 is 0 Å². The Morgan fingerprint density at radius 3 is 2.68 bits per heavy atom. The lowest BCUT2D eigenvalue weighted by molar-refractivity contribution is -0.133. The summed E-state index contributed by atoms with van der Waals surface area (Å²) in [4.78, 5) is 14.3. The number of carbonyl (C=O) groups is 1. The van der Waals surface area contributed by atoms with E-state index in [2.05, 4.69) is 43.4 Å². The average molecular weight is 278 g/mol. The topological polar surface area (TPSA) is 32.3 Å². The molecule has 1 amide bonds. The van der Waals surface area contributed by atoms with Gasteiger partial charge in [0, 0.05) is 25.1 Å². The largest absolute Gasteiger partial charge is 0.338 e. The van der Waals surface area contributed by atoms with Gasteiger partial charge in [-0.25, -0.2) is 0 Å². The van der Waals surface area contributed by atoms with E-state index < -0.39 is 0 Å². The van der Waals surface area contributed by atoms with Crippen molar-refractivity contribution in [3.63, 3.8) is 0 Å². The van der Waals surface area contributed by atoms with Crippen molar-refractivity contribution >= 4 is 17.7 Å². The maximum atomic E-state index is 12.4. The first kappa shape index (κ1) is 14.4. The number of benzene rings is 1. The van der Waals surface area contributed by atoms with Crippen molar-refractivity contribution in [2.75, 3.05) is 25.1 Å². The van der Waals surface area contributed by atoms with Crippen LogP contribution in [0.15, 0.2) is 24.3 Å². The standard InChI is InChI=1S/C15H22N2OS/c1-11-4-6-13(7-5-11)12(2)17(3)15(18)14-10-19-9-8-16-14/h4-7,12,14,16H,8-10H2,1-3H3. The molecule has 0 spiro atoms. The van der Waals surface area contributed by atoms with Crippen LogP contribution in [0.5, 0.6) is 0 Å². The van der Waals surface area contributed by atoms with Crippen molar-refractivity contribution in [3.05, 3.63) is 35.4 Å². The Kier molecular flexibility index (Phi) is 4.88. The molecule has 4 heteroatoms. The predicted octanol–water partition coefficient (Wildman–Crippen LogP) is 2.22. The van der Waals surface area contributed by atoms with Crippen LogP contribution in [0.1, 0.15) is 24.1 Å². The molecule has 1 saturated heterocycles. The number of nitrogens with one attached hydrogen (secondary N) is 1. The predicted molar refractivity (Wildman–Crippen MR) is 81.5 cm³/mol. The Bertz CT molecular complexity index is 426. The lowest BCUT2D eigenvalue weighted by atomic mass is 10.0. The summed E-state index contributed by atoms with van der Waals surface area (Å²) in [5.41, 5.74) is 2.43. The van der Waals surface area contributed by atoms with E-state index in [1.807, 2.05) is 23.7 Å². The van der Waals surface area contributed by atoms with Crippen LogP contribution >= 0.6 is 11.8 Å². The fourth-order valence-electron chi connectivity index (χ4n) is 2.23. The smallest absolute Gasteiger partial charge is 0.240 e. The van der Waals surface area contributed by atoms with Crippen molar-refractivity contribution in [1.29, 1.82) is 0 Å². The van der Waals surface area contributed by atoms with Crippen LogP contribution in [0.25, 0.3) is 0 Å². The molecule has 0 aromatic heterocycles. The number of thioether (sulfide) groups is 1. The third-order valence-corrected chi connectivity index (χ3v) is 4.77. The van der Waals surface area contributed by atoms with Gasteiger partial charge in [0.1, 0.15) is 0 Å². The highest BCUT2D eigenvalue weighted by atomic mass is 32.2. The van der Waals surface area contributed by atoms with Crippen LogP contribution in [0.3, 0.4) is 0 Å². The highest BCUT2D eigenvalue weighted by Crippen LogP contribution is 2.21. The molecule has 1 aliphatic heterocycles. The van der Waals surface area contributed by atoms with Crippen molar-refractivity contribution in [2.24, 2.45) is 0 Å². The summed E-state index contributed by atoms with van der Waals surface area (Å²) in [5.74, 6) is 2.17. The monoisotopic (exact) mass is 278 g/mol. The molecule has 1 aliphatic rings. The van der Waals surface area contributed by atoms with E-state index in [-0.39, 0.29) is 18.0 Å². The van der Waals surface area contributed by atoms with Gasteiger partial charge in [-0.3, -0.25) is 4.79 Å². The number of hydrogen-bond acceptors (Lipinski definition) is 3. The SMILES string of the molecule is Cc1ccc(C(C)N(C)C(=O)C2CSCCN2)cc1. The summed E-state index contributed by atoms with van der Waals surface area (Å²) in [6, 6.07) is 8.48. The highest BCUT2D eigenvalue weighted by molar-refractivity contribution is 7.99. The fourth-order valence-corrected chi connectivity index (χ4v) is 3.15. The van der Waals surface area contributed by atoms with Crippen LogP contribution in [-0.2, 0) is 4.79 Å². The molecule has 1 aromatic rings. The van der Waals surface area contributed by atoms with Gasteiger partial charge in [0.15, 0.2) is 0 Å². The zero-order valence-corrected chi connectivity index (χ0v) is 12.7. The van der Waals surface area contributed by atoms with Crippen LogP contribution in [0.4, 0.5) is 0 Å². The Hall–Kier alpha value is -1.00. The Morgan fingerprint density at radius 2 is 2.11 bits per heavy atom. The van der Waals surface area contributed by atoms with E-state index in [9.17, 15) is 4.79 Å². The molecular formula is C15H22N2OS. The Morgan fingerprint density at radius 1 is 1.42 bits per heavy atom. The molecule has 1 aromatic carbocycles. The molecule has 2 atom stereocenters. The summed E-state index contributed by atoms with van der Waals surface area (Å²) in [7, 11) is 1.90. The van der Waals surface area contributed by atoms with Crippen molar-refractivity contribution in [1.82, 2.24) is 10.2 Å². The second-order valence-corrected chi connectivity index (χ2v) is 6.27. The quantitative estimate of drug-likeness (QED) is 0.920. The Balaban J connectivity index is 2.03. The van der Waals surface area contributed by atoms with Gasteiger partial charge in [0.2, 0.25) is 5.91 Å². The molecule has 3 nitrogen and oxygen atoms in total. The summed E-state index contributed by atoms with van der Waals surface area (Å²) < 4.78 is 0. The number of nitrogens with zero attached hydrogens (tertiary/aromatic N) is 1. The van der Waals surface area contributed by atoms with Crippen molar-refractivity contribution in [3.8, 4) is 0 Å². The molecule has 1 heterocycles. The lowest BCUT2D eigenvalue weighted by Gasteiger charge is -2.31. The third-order valence-electron chi connectivity index (χ3n) is 3.71. The summed E-state index contributed by atoms with van der Waals surface area (Å²) in [6.45, 7) is 5.08. The number of amides is 1. The first-order chi connectivity index (χ1) is 9.09. The minimum Gasteiger partial charge on any atom is -0.338 e. The average Bonchev–Trinajstić information content (AvgIpc) is 2.46. The number of hydrogen-bond donors (Lipinski definition) is 1. The maximum absolute atomic E-state index is 12.4. The molecule has 2 unspecified atom stereocenters. The molecule has 1 fully saturated rings. The number of likely N-dealkylation sites (N-methyl/N-ethyl adjacent to an activating group) is 1. The van der Waals surface area contributed by atoms with Crippen molar-refractivity contribution < 1.29 is 4.79 Å². The molecule has 2 rings (SSSR count). The normalized spacial score (nSPS) is 20.9. The number of carbonyl (C=O) groups excluding carboxylic acids is 1. The van der Waals surface area contributed by atoms with Gasteiger partial charge in [-0.05, 0) is 19.4 Å². The first-order valence-corrected chi connectivity index (χ1v) is 7.89. The second kappa shape index (κ2) is 6.44. The lowest BCUT2D eigenvalue weighted by Crippen LogP contribution is -2.49. The molecule has 0 radical (unpaired) electrons. The highest BCUT2D eigenvalue weighted by Gasteiger charge is 2.26. The van der Waals surface area contributed by atoms with E-state index in [1.54, 1.807) is 0 Å². The maximum Gasteiger partial charge on any atom is 0.240 e. The van der Waals surface area contributed by atoms with Crippen molar-refractivity contribution in [2.45, 2.75) is 25.9 Å². The fraction of sp³-hybridized carbons (Fsp3) is 0.533. The van der Waals surface area contributed by atoms with Crippen LogP contribution in [-0.4, -0.2) is 41.9 Å². The van der Waals surface area contributed by atoms with Gasteiger partial charge in [0.25, 0.3) is 0 Å². The van der Waals surface area contributed by atoms with Crippen LogP contribution in [0, 0.1) is 6.92 Å². The van der Waals surface area contributed by atoms with Gasteiger partial charge in [0.05, 0.1) is 12.1 Å². The van der Waals surface area contributed by atoms with Gasteiger partial charge >= 0.3 is 0 Å². The summed E-state index contributed by atoms with van der Waals surface area (Å²) in [5, 5.41) is 3.30. The zero-order chi connectivity index (χ0) is 13.8. The number of rotatable bonds is 3. The molecule has 0 aliphatic carbocycles. The van der Waals surface area contributed by atoms with Gasteiger partial charge in [-0.1, -0.05) is 29.8 Å². The first-order valence-electron chi connectivity index (χ1n) is 6.74. The molecule has 104 valence electrons. The third kappa shape index (κ3) is 3.51. The molecule has 0 bridgehead atoms. The molecule has 1 N–H and O–H groups in total. The van der Waals surface area contributed by atoms with Gasteiger partial charge in [-0.15, -0.1) is 0 Å². The van der Waals surface area contributed by atoms with E-state index in [0.29, 0.717) is 0 Å². The van der Waals surface area contributed by atoms with E-state index in [1.165, 1.54) is 11.1 Å².